The van der Waals surface area contributed by atoms with E-state index in [2.05, 4.69) is 36.3 Å². The molecule has 3 aromatic carbocycles. The Morgan fingerprint density at radius 3 is 2.41 bits per heavy atom. The highest BCUT2D eigenvalue weighted by Gasteiger charge is 2.53. The Labute approximate surface area is 228 Å². The van der Waals surface area contributed by atoms with Gasteiger partial charge in [0.05, 0.1) is 17.7 Å². The van der Waals surface area contributed by atoms with E-state index in [-0.39, 0.29) is 5.56 Å². The maximum Gasteiger partial charge on any atom is 0.340 e. The van der Waals surface area contributed by atoms with E-state index >= 15 is 0 Å². The van der Waals surface area contributed by atoms with E-state index in [1.807, 2.05) is 50.2 Å². The fraction of sp³-hybridized carbons (Fsp3) is 0.312. The van der Waals surface area contributed by atoms with Crippen molar-refractivity contribution in [2.75, 3.05) is 24.6 Å². The first-order valence-corrected chi connectivity index (χ1v) is 13.5. The van der Waals surface area contributed by atoms with Gasteiger partial charge in [0.25, 0.3) is 0 Å². The Morgan fingerprint density at radius 1 is 1.00 bits per heavy atom. The van der Waals surface area contributed by atoms with Crippen LogP contribution in [0.3, 0.4) is 0 Å². The van der Waals surface area contributed by atoms with E-state index in [1.54, 1.807) is 12.1 Å². The average Bonchev–Trinajstić information content (AvgIpc) is 3.39. The van der Waals surface area contributed by atoms with Crippen molar-refractivity contribution >= 4 is 28.5 Å². The Hall–Kier alpha value is -4.26. The van der Waals surface area contributed by atoms with Gasteiger partial charge in [-0.25, -0.2) is 9.59 Å². The molecule has 0 fully saturated rings. The summed E-state index contributed by atoms with van der Waals surface area (Å²) in [6, 6.07) is 18.6. The molecular weight excluding hydrogens is 492 g/mol. The van der Waals surface area contributed by atoms with Crippen molar-refractivity contribution < 1.29 is 24.2 Å². The number of anilines is 1. The number of para-hydroxylation sites is 1. The second-order valence-corrected chi connectivity index (χ2v) is 9.64. The minimum atomic E-state index is -1.41. The predicted molar refractivity (Wildman–Crippen MR) is 152 cm³/mol. The van der Waals surface area contributed by atoms with Gasteiger partial charge in [0.1, 0.15) is 5.75 Å². The number of benzene rings is 3. The lowest BCUT2D eigenvalue weighted by Crippen LogP contribution is -2.32. The molecule has 0 bridgehead atoms. The van der Waals surface area contributed by atoms with Crippen molar-refractivity contribution in [1.29, 1.82) is 0 Å². The molecule has 0 radical (unpaired) electrons. The third-order valence-corrected chi connectivity index (χ3v) is 7.78. The molecule has 0 saturated heterocycles. The molecule has 202 valence electrons. The molecule has 39 heavy (non-hydrogen) atoms. The summed E-state index contributed by atoms with van der Waals surface area (Å²) >= 11 is 0. The molecule has 0 aliphatic carbocycles. The Kier molecular flexibility index (Phi) is 6.85. The standard InChI is InChI=1S/C32H34N2O5/c1-6-33(7-2)22-15-17-25(28(19-22)38-9-4)32(26-18-21(30(35)36)14-16-23(26)31(37)39-32)29-20(5)34(8-3)27-13-11-10-12-24(27)29/h10-19H,6-9H2,1-5H3,(H,35,36). The fourth-order valence-electron chi connectivity index (χ4n) is 6.06. The van der Waals surface area contributed by atoms with Crippen LogP contribution in [-0.2, 0) is 16.9 Å². The van der Waals surface area contributed by atoms with Crippen LogP contribution in [0.2, 0.25) is 0 Å². The van der Waals surface area contributed by atoms with Crippen LogP contribution in [0.4, 0.5) is 5.69 Å². The van der Waals surface area contributed by atoms with E-state index in [0.29, 0.717) is 29.0 Å². The van der Waals surface area contributed by atoms with Gasteiger partial charge in [-0.2, -0.15) is 0 Å². The van der Waals surface area contributed by atoms with Gasteiger partial charge in [-0.3, -0.25) is 0 Å². The Balaban J connectivity index is 1.94. The largest absolute Gasteiger partial charge is 0.493 e. The van der Waals surface area contributed by atoms with Crippen LogP contribution in [0, 0.1) is 6.92 Å². The number of aromatic nitrogens is 1. The summed E-state index contributed by atoms with van der Waals surface area (Å²) in [6.07, 6.45) is 0. The van der Waals surface area contributed by atoms with Crippen molar-refractivity contribution in [3.8, 4) is 5.75 Å². The summed E-state index contributed by atoms with van der Waals surface area (Å²) in [7, 11) is 0. The quantitative estimate of drug-likeness (QED) is 0.255. The molecule has 1 unspecified atom stereocenters. The van der Waals surface area contributed by atoms with Gasteiger partial charge in [0.2, 0.25) is 0 Å². The van der Waals surface area contributed by atoms with Crippen molar-refractivity contribution in [2.24, 2.45) is 0 Å². The van der Waals surface area contributed by atoms with Crippen LogP contribution in [-0.4, -0.2) is 41.3 Å². The van der Waals surface area contributed by atoms with Crippen molar-refractivity contribution in [2.45, 2.75) is 46.8 Å². The highest BCUT2D eigenvalue weighted by Crippen LogP contribution is 2.53. The number of esters is 1. The van der Waals surface area contributed by atoms with Crippen LogP contribution in [0.5, 0.6) is 5.75 Å². The molecule has 0 spiro atoms. The molecule has 1 aromatic heterocycles. The van der Waals surface area contributed by atoms with Gasteiger partial charge >= 0.3 is 11.9 Å². The summed E-state index contributed by atoms with van der Waals surface area (Å²) < 4.78 is 14.9. The number of carbonyl (C=O) groups is 2. The van der Waals surface area contributed by atoms with Crippen LogP contribution in [0.25, 0.3) is 10.9 Å². The topological polar surface area (TPSA) is 81.0 Å². The molecule has 5 rings (SSSR count). The smallest absolute Gasteiger partial charge is 0.340 e. The monoisotopic (exact) mass is 526 g/mol. The summed E-state index contributed by atoms with van der Waals surface area (Å²) in [5.41, 5.74) is 3.97. The van der Waals surface area contributed by atoms with Gasteiger partial charge in [0, 0.05) is 64.7 Å². The predicted octanol–water partition coefficient (Wildman–Crippen LogP) is 6.38. The van der Waals surface area contributed by atoms with E-state index < -0.39 is 17.5 Å². The van der Waals surface area contributed by atoms with E-state index in [1.165, 1.54) is 6.07 Å². The number of aryl methyl sites for hydroxylation is 1. The summed E-state index contributed by atoms with van der Waals surface area (Å²) in [5, 5.41) is 10.8. The summed E-state index contributed by atoms with van der Waals surface area (Å²) in [6.45, 7) is 13.0. The number of hydrogen-bond acceptors (Lipinski definition) is 5. The number of aromatic carboxylic acids is 1. The number of hydrogen-bond donors (Lipinski definition) is 1. The first-order valence-electron chi connectivity index (χ1n) is 13.5. The van der Waals surface area contributed by atoms with Crippen LogP contribution >= 0.6 is 0 Å². The lowest BCUT2D eigenvalue weighted by molar-refractivity contribution is 0.0246. The highest BCUT2D eigenvalue weighted by atomic mass is 16.6. The number of rotatable bonds is 9. The van der Waals surface area contributed by atoms with Crippen LogP contribution in [0.15, 0.2) is 60.7 Å². The number of carboxylic acid groups (broad SMARTS) is 1. The maximum absolute atomic E-state index is 13.5. The molecule has 0 amide bonds. The van der Waals surface area contributed by atoms with Gasteiger partial charge < -0.3 is 24.0 Å². The maximum atomic E-state index is 13.5. The van der Waals surface area contributed by atoms with Gasteiger partial charge in [-0.05, 0) is 71.0 Å². The van der Waals surface area contributed by atoms with Gasteiger partial charge in [-0.15, -0.1) is 0 Å². The van der Waals surface area contributed by atoms with Gasteiger partial charge in [0.15, 0.2) is 5.60 Å². The van der Waals surface area contributed by atoms with Crippen LogP contribution < -0.4 is 9.64 Å². The van der Waals surface area contributed by atoms with E-state index in [9.17, 15) is 14.7 Å². The Bertz CT molecular complexity index is 1580. The molecule has 7 heteroatoms. The fourth-order valence-corrected chi connectivity index (χ4v) is 6.06. The van der Waals surface area contributed by atoms with Crippen LogP contribution in [0.1, 0.15) is 70.8 Å². The second kappa shape index (κ2) is 10.1. The minimum Gasteiger partial charge on any atom is -0.493 e. The normalized spacial score (nSPS) is 16.3. The lowest BCUT2D eigenvalue weighted by atomic mass is 9.77. The second-order valence-electron chi connectivity index (χ2n) is 9.64. The number of fused-ring (bicyclic) bond motifs is 2. The Morgan fingerprint density at radius 2 is 1.74 bits per heavy atom. The van der Waals surface area contributed by atoms with Gasteiger partial charge in [-0.1, -0.05) is 18.2 Å². The molecule has 1 aliphatic rings. The first kappa shape index (κ1) is 26.4. The zero-order valence-electron chi connectivity index (χ0n) is 23.1. The third-order valence-electron chi connectivity index (χ3n) is 7.78. The third kappa shape index (κ3) is 3.95. The molecule has 1 N–H and O–H groups in total. The molecule has 7 nitrogen and oxygen atoms in total. The zero-order valence-corrected chi connectivity index (χ0v) is 23.1. The summed E-state index contributed by atoms with van der Waals surface area (Å²) in [4.78, 5) is 27.9. The van der Waals surface area contributed by atoms with E-state index in [0.717, 1.165) is 47.5 Å². The summed E-state index contributed by atoms with van der Waals surface area (Å²) in [5.74, 6) is -0.971. The van der Waals surface area contributed by atoms with Crippen molar-refractivity contribution in [3.63, 3.8) is 0 Å². The molecule has 2 heterocycles. The number of ether oxygens (including phenoxy) is 2. The highest BCUT2D eigenvalue weighted by molar-refractivity contribution is 6.00. The lowest BCUT2D eigenvalue weighted by Gasteiger charge is -2.33. The number of carboxylic acids is 1. The average molecular weight is 527 g/mol. The number of cyclic esters (lactones) is 1. The molecule has 1 atom stereocenters. The first-order chi connectivity index (χ1) is 18.8. The molecule has 4 aromatic rings. The zero-order chi connectivity index (χ0) is 27.9. The molecule has 0 saturated carbocycles. The van der Waals surface area contributed by atoms with Crippen molar-refractivity contribution in [1.82, 2.24) is 4.57 Å². The SMILES string of the molecule is CCOc1cc(N(CC)CC)ccc1C1(c2c(C)n(CC)c3ccccc23)OC(=O)c2ccc(C(=O)O)cc21. The van der Waals surface area contributed by atoms with E-state index in [4.69, 9.17) is 9.47 Å². The molecular formula is C32H34N2O5. The molecule has 1 aliphatic heterocycles. The van der Waals surface area contributed by atoms with Crippen molar-refractivity contribution in [3.05, 3.63) is 94.2 Å². The minimum absolute atomic E-state index is 0.0889. The number of nitrogens with zero attached hydrogens (tertiary/aromatic N) is 2. The number of carbonyl (C=O) groups excluding carboxylic acids is 1.